The summed E-state index contributed by atoms with van der Waals surface area (Å²) in [7, 11) is 0. The summed E-state index contributed by atoms with van der Waals surface area (Å²) in [6.07, 6.45) is 0.853. The summed E-state index contributed by atoms with van der Waals surface area (Å²) in [6, 6.07) is 0.116. The van der Waals surface area contributed by atoms with E-state index in [0.717, 1.165) is 6.42 Å². The second-order valence-corrected chi connectivity index (χ2v) is 2.29. The maximum absolute atomic E-state index is 10.6. The van der Waals surface area contributed by atoms with Gasteiger partial charge < -0.3 is 10.6 Å². The van der Waals surface area contributed by atoms with E-state index in [1.165, 1.54) is 0 Å². The summed E-state index contributed by atoms with van der Waals surface area (Å²) >= 11 is 0. The fourth-order valence-corrected chi connectivity index (χ4v) is 0.845. The fraction of sp³-hybridized carbons (Fsp3) is 0.667. The topological polar surface area (TPSA) is 58.2 Å². The van der Waals surface area contributed by atoms with Crippen LogP contribution in [0.1, 0.15) is 13.3 Å². The van der Waals surface area contributed by atoms with Gasteiger partial charge in [0.1, 0.15) is 0 Å². The quantitative estimate of drug-likeness (QED) is 0.462. The Labute approximate surface area is 59.0 Å². The van der Waals surface area contributed by atoms with Gasteiger partial charge in [0.25, 0.3) is 0 Å². The number of amides is 2. The van der Waals surface area contributed by atoms with Crippen molar-refractivity contribution in [2.24, 2.45) is 0 Å². The minimum atomic E-state index is -0.523. The molecule has 56 valence electrons. The molecule has 1 unspecified atom stereocenters. The molecule has 1 atom stereocenters. The van der Waals surface area contributed by atoms with Crippen LogP contribution in [0.4, 0.5) is 0 Å². The van der Waals surface area contributed by atoms with Crippen LogP contribution in [0.2, 0.25) is 0 Å². The van der Waals surface area contributed by atoms with E-state index < -0.39 is 11.8 Å². The summed E-state index contributed by atoms with van der Waals surface area (Å²) in [4.78, 5) is 21.2. The third-order valence-corrected chi connectivity index (χ3v) is 1.54. The van der Waals surface area contributed by atoms with Gasteiger partial charge >= 0.3 is 11.8 Å². The maximum atomic E-state index is 10.6. The van der Waals surface area contributed by atoms with Crippen LogP contribution in [0.25, 0.3) is 0 Å². The highest BCUT2D eigenvalue weighted by atomic mass is 16.2. The van der Waals surface area contributed by atoms with Gasteiger partial charge in [0.15, 0.2) is 0 Å². The molecule has 1 aliphatic heterocycles. The average Bonchev–Trinajstić information content (AvgIpc) is 1.95. The second kappa shape index (κ2) is 2.68. The molecule has 1 saturated heterocycles. The summed E-state index contributed by atoms with van der Waals surface area (Å²) in [5, 5.41) is 5.05. The third-order valence-electron chi connectivity index (χ3n) is 1.54. The van der Waals surface area contributed by atoms with Crippen LogP contribution in [0.5, 0.6) is 0 Å². The molecule has 0 saturated carbocycles. The molecule has 4 heteroatoms. The molecule has 1 heterocycles. The van der Waals surface area contributed by atoms with E-state index >= 15 is 0 Å². The highest BCUT2D eigenvalue weighted by Crippen LogP contribution is 1.92. The van der Waals surface area contributed by atoms with Gasteiger partial charge in [-0.25, -0.2) is 0 Å². The lowest BCUT2D eigenvalue weighted by Crippen LogP contribution is -2.55. The molecule has 0 radical (unpaired) electrons. The van der Waals surface area contributed by atoms with Crippen LogP contribution in [0.3, 0.4) is 0 Å². The minimum absolute atomic E-state index is 0.116. The molecule has 0 bridgehead atoms. The van der Waals surface area contributed by atoms with Gasteiger partial charge in [-0.2, -0.15) is 0 Å². The summed E-state index contributed by atoms with van der Waals surface area (Å²) < 4.78 is 0. The molecule has 1 fully saturated rings. The molecule has 1 rings (SSSR count). The molecule has 0 aromatic rings. The van der Waals surface area contributed by atoms with Crippen LogP contribution in [0.15, 0.2) is 0 Å². The van der Waals surface area contributed by atoms with Crippen molar-refractivity contribution < 1.29 is 9.59 Å². The molecule has 1 aliphatic rings. The van der Waals surface area contributed by atoms with E-state index in [0.29, 0.717) is 6.54 Å². The summed E-state index contributed by atoms with van der Waals surface area (Å²) in [5.74, 6) is -1.04. The standard InChI is InChI=1S/C6H10N2O2/c1-2-4-3-7-5(9)6(10)8-4/h4H,2-3H2,1H3,(H,7,9)(H,8,10). The Hall–Kier alpha value is -1.06. The maximum Gasteiger partial charge on any atom is 0.309 e. The molecule has 0 aliphatic carbocycles. The lowest BCUT2D eigenvalue weighted by atomic mass is 10.2. The lowest BCUT2D eigenvalue weighted by molar-refractivity contribution is -0.141. The Morgan fingerprint density at radius 3 is 2.70 bits per heavy atom. The third kappa shape index (κ3) is 1.26. The summed E-state index contributed by atoms with van der Waals surface area (Å²) in [5.41, 5.74) is 0. The first-order valence-corrected chi connectivity index (χ1v) is 3.32. The molecule has 2 amide bonds. The molecule has 0 spiro atoms. The zero-order valence-corrected chi connectivity index (χ0v) is 5.81. The van der Waals surface area contributed by atoms with Gasteiger partial charge in [0.05, 0.1) is 0 Å². The minimum Gasteiger partial charge on any atom is -0.346 e. The van der Waals surface area contributed by atoms with Gasteiger partial charge in [0, 0.05) is 12.6 Å². The van der Waals surface area contributed by atoms with E-state index in [9.17, 15) is 9.59 Å². The highest BCUT2D eigenvalue weighted by molar-refractivity contribution is 6.35. The first-order valence-electron chi connectivity index (χ1n) is 3.32. The van der Waals surface area contributed by atoms with Crippen molar-refractivity contribution in [1.82, 2.24) is 10.6 Å². The van der Waals surface area contributed by atoms with Crippen molar-refractivity contribution in [3.63, 3.8) is 0 Å². The van der Waals surface area contributed by atoms with Crippen molar-refractivity contribution in [1.29, 1.82) is 0 Å². The molecular weight excluding hydrogens is 132 g/mol. The molecule has 2 N–H and O–H groups in total. The van der Waals surface area contributed by atoms with E-state index in [-0.39, 0.29) is 6.04 Å². The SMILES string of the molecule is CCC1CNC(=O)C(=O)N1. The zero-order valence-electron chi connectivity index (χ0n) is 5.81. The van der Waals surface area contributed by atoms with Gasteiger partial charge in [-0.05, 0) is 6.42 Å². The predicted octanol–water partition coefficient (Wildman–Crippen LogP) is -0.989. The number of nitrogens with one attached hydrogen (secondary N) is 2. The van der Waals surface area contributed by atoms with Crippen LogP contribution in [-0.2, 0) is 9.59 Å². The molecule has 4 nitrogen and oxygen atoms in total. The first-order chi connectivity index (χ1) is 4.74. The number of carbonyl (C=O) groups excluding carboxylic acids is 2. The Morgan fingerprint density at radius 1 is 1.50 bits per heavy atom. The van der Waals surface area contributed by atoms with Gasteiger partial charge in [-0.1, -0.05) is 6.92 Å². The molecule has 10 heavy (non-hydrogen) atoms. The Morgan fingerprint density at radius 2 is 2.20 bits per heavy atom. The highest BCUT2D eigenvalue weighted by Gasteiger charge is 2.22. The van der Waals surface area contributed by atoms with E-state index in [1.807, 2.05) is 6.92 Å². The van der Waals surface area contributed by atoms with Crippen LogP contribution in [0, 0.1) is 0 Å². The van der Waals surface area contributed by atoms with Gasteiger partial charge in [-0.15, -0.1) is 0 Å². The molecule has 0 aromatic heterocycles. The van der Waals surface area contributed by atoms with Crippen LogP contribution < -0.4 is 10.6 Å². The van der Waals surface area contributed by atoms with E-state index in [2.05, 4.69) is 10.6 Å². The molecule has 0 aromatic carbocycles. The van der Waals surface area contributed by atoms with E-state index in [4.69, 9.17) is 0 Å². The van der Waals surface area contributed by atoms with Crippen molar-refractivity contribution >= 4 is 11.8 Å². The van der Waals surface area contributed by atoms with Gasteiger partial charge in [0.2, 0.25) is 0 Å². The van der Waals surface area contributed by atoms with Crippen LogP contribution >= 0.6 is 0 Å². The van der Waals surface area contributed by atoms with Gasteiger partial charge in [-0.3, -0.25) is 9.59 Å². The van der Waals surface area contributed by atoms with Crippen molar-refractivity contribution in [2.45, 2.75) is 19.4 Å². The second-order valence-electron chi connectivity index (χ2n) is 2.29. The monoisotopic (exact) mass is 142 g/mol. The normalized spacial score (nSPS) is 25.5. The van der Waals surface area contributed by atoms with Crippen molar-refractivity contribution in [2.75, 3.05) is 6.54 Å². The number of rotatable bonds is 1. The largest absolute Gasteiger partial charge is 0.346 e. The predicted molar refractivity (Wildman–Crippen MR) is 35.2 cm³/mol. The fourth-order valence-electron chi connectivity index (χ4n) is 0.845. The van der Waals surface area contributed by atoms with Crippen molar-refractivity contribution in [3.05, 3.63) is 0 Å². The van der Waals surface area contributed by atoms with Crippen LogP contribution in [-0.4, -0.2) is 24.4 Å². The Balaban J connectivity index is 2.48. The molecular formula is C6H10N2O2. The number of piperazine rings is 1. The first kappa shape index (κ1) is 7.05. The number of hydrogen-bond acceptors (Lipinski definition) is 2. The summed E-state index contributed by atoms with van der Waals surface area (Å²) in [6.45, 7) is 2.52. The lowest BCUT2D eigenvalue weighted by Gasteiger charge is -2.21. The smallest absolute Gasteiger partial charge is 0.309 e. The number of carbonyl (C=O) groups is 2. The Bertz CT molecular complexity index is 167. The number of hydrogen-bond donors (Lipinski definition) is 2. The zero-order chi connectivity index (χ0) is 7.56. The Kier molecular flexibility index (Phi) is 1.89. The average molecular weight is 142 g/mol. The van der Waals surface area contributed by atoms with E-state index in [1.54, 1.807) is 0 Å². The van der Waals surface area contributed by atoms with Crippen molar-refractivity contribution in [3.8, 4) is 0 Å².